The third-order valence-electron chi connectivity index (χ3n) is 4.67. The zero-order valence-electron chi connectivity index (χ0n) is 16.7. The van der Waals surface area contributed by atoms with Crippen LogP contribution in [0, 0.1) is 20.4 Å². The molecular weight excluding hydrogens is 380 g/mol. The predicted molar refractivity (Wildman–Crippen MR) is 113 cm³/mol. The van der Waals surface area contributed by atoms with Crippen molar-refractivity contribution in [1.82, 2.24) is 19.7 Å². The van der Waals surface area contributed by atoms with Crippen LogP contribution in [0.2, 0.25) is 0 Å². The van der Waals surface area contributed by atoms with Crippen LogP contribution in [0.25, 0.3) is 21.6 Å². The van der Waals surface area contributed by atoms with Crippen molar-refractivity contribution in [3.8, 4) is 11.4 Å². The minimum atomic E-state index is -0.346. The van der Waals surface area contributed by atoms with Gasteiger partial charge in [0.25, 0.3) is 5.91 Å². The maximum atomic E-state index is 13.1. The molecule has 3 aromatic heterocycles. The van der Waals surface area contributed by atoms with E-state index in [0.29, 0.717) is 39.4 Å². The number of aromatic nitrogens is 4. The molecule has 0 radical (unpaired) electrons. The largest absolute Gasteiger partial charge is 0.497 e. The van der Waals surface area contributed by atoms with E-state index >= 15 is 0 Å². The van der Waals surface area contributed by atoms with E-state index in [1.807, 2.05) is 38.1 Å². The first-order valence-electron chi connectivity index (χ1n) is 9.16. The number of pyridine rings is 2. The lowest BCUT2D eigenvalue weighted by molar-refractivity contribution is 0.102. The van der Waals surface area contributed by atoms with Gasteiger partial charge in [0.1, 0.15) is 5.75 Å². The van der Waals surface area contributed by atoms with E-state index in [4.69, 9.17) is 11.3 Å². The van der Waals surface area contributed by atoms with Gasteiger partial charge in [-0.05, 0) is 50.2 Å². The van der Waals surface area contributed by atoms with E-state index in [1.165, 1.54) is 12.4 Å². The number of carbonyl (C=O) groups is 1. The summed E-state index contributed by atoms with van der Waals surface area (Å²) in [6.07, 6.45) is 2.98. The molecule has 1 N–H and O–H groups in total. The molecule has 0 unspecified atom stereocenters. The quantitative estimate of drug-likeness (QED) is 0.520. The Balaban J connectivity index is 1.82. The van der Waals surface area contributed by atoms with Gasteiger partial charge >= 0.3 is 0 Å². The van der Waals surface area contributed by atoms with Crippen LogP contribution in [0.5, 0.6) is 5.75 Å². The lowest BCUT2D eigenvalue weighted by Gasteiger charge is -2.09. The zero-order valence-corrected chi connectivity index (χ0v) is 16.7. The van der Waals surface area contributed by atoms with Gasteiger partial charge in [0, 0.05) is 18.1 Å². The fourth-order valence-electron chi connectivity index (χ4n) is 3.27. The van der Waals surface area contributed by atoms with E-state index in [2.05, 4.69) is 25.2 Å². The number of nitrogens with zero attached hydrogens (tertiary/aromatic N) is 5. The Morgan fingerprint density at radius 1 is 1.20 bits per heavy atom. The molecular formula is C22H18N6O2. The summed E-state index contributed by atoms with van der Waals surface area (Å²) in [6, 6.07) is 10.7. The molecule has 4 rings (SSSR count). The number of rotatable bonds is 4. The van der Waals surface area contributed by atoms with Gasteiger partial charge in [-0.1, -0.05) is 0 Å². The summed E-state index contributed by atoms with van der Waals surface area (Å²) >= 11 is 0. The summed E-state index contributed by atoms with van der Waals surface area (Å²) in [5.74, 6) is 0.393. The number of nitrogens with one attached hydrogen (secondary N) is 1. The number of hydrogen-bond acceptors (Lipinski definition) is 5. The van der Waals surface area contributed by atoms with Crippen molar-refractivity contribution in [1.29, 1.82) is 0 Å². The topological polar surface area (TPSA) is 86.3 Å². The van der Waals surface area contributed by atoms with Crippen LogP contribution >= 0.6 is 0 Å². The molecule has 0 aliphatic rings. The predicted octanol–water partition coefficient (Wildman–Crippen LogP) is 4.24. The molecule has 0 atom stereocenters. The number of ether oxygens (including phenoxy) is 1. The number of fused-ring (bicyclic) bond motifs is 1. The first-order valence-corrected chi connectivity index (χ1v) is 9.16. The van der Waals surface area contributed by atoms with Crippen LogP contribution in [0.4, 0.5) is 11.4 Å². The molecule has 1 aromatic carbocycles. The lowest BCUT2D eigenvalue weighted by atomic mass is 10.1. The van der Waals surface area contributed by atoms with Crippen molar-refractivity contribution in [2.75, 3.05) is 12.4 Å². The Labute approximate surface area is 173 Å². The van der Waals surface area contributed by atoms with Crippen molar-refractivity contribution < 1.29 is 9.53 Å². The van der Waals surface area contributed by atoms with Gasteiger partial charge in [0.15, 0.2) is 5.65 Å². The molecule has 0 saturated carbocycles. The number of anilines is 1. The molecule has 0 fully saturated rings. The summed E-state index contributed by atoms with van der Waals surface area (Å²) in [7, 11) is 1.61. The minimum absolute atomic E-state index is 0.325. The van der Waals surface area contributed by atoms with E-state index in [-0.39, 0.29) is 5.91 Å². The number of carbonyl (C=O) groups excluding carboxylic acids is 1. The molecule has 148 valence electrons. The molecule has 0 bridgehead atoms. The van der Waals surface area contributed by atoms with Gasteiger partial charge in [-0.2, -0.15) is 5.10 Å². The van der Waals surface area contributed by atoms with Gasteiger partial charge in [0.2, 0.25) is 5.69 Å². The highest BCUT2D eigenvalue weighted by molar-refractivity contribution is 6.13. The zero-order chi connectivity index (χ0) is 21.3. The third-order valence-corrected chi connectivity index (χ3v) is 4.67. The Bertz CT molecular complexity index is 1300. The van der Waals surface area contributed by atoms with Gasteiger partial charge in [-0.25, -0.2) is 14.5 Å². The summed E-state index contributed by atoms with van der Waals surface area (Å²) in [4.78, 5) is 25.2. The number of hydrogen-bond donors (Lipinski definition) is 1. The lowest BCUT2D eigenvalue weighted by Crippen LogP contribution is -2.13. The Kier molecular flexibility index (Phi) is 4.86. The van der Waals surface area contributed by atoms with Crippen molar-refractivity contribution >= 4 is 28.3 Å². The monoisotopic (exact) mass is 398 g/mol. The van der Waals surface area contributed by atoms with Gasteiger partial charge < -0.3 is 10.1 Å². The van der Waals surface area contributed by atoms with Crippen molar-refractivity contribution in [2.45, 2.75) is 13.8 Å². The molecule has 0 saturated heterocycles. The maximum absolute atomic E-state index is 13.1. The summed E-state index contributed by atoms with van der Waals surface area (Å²) < 4.78 is 6.93. The molecule has 0 aliphatic heterocycles. The highest BCUT2D eigenvalue weighted by Gasteiger charge is 2.20. The molecule has 0 aliphatic carbocycles. The van der Waals surface area contributed by atoms with Crippen LogP contribution in [0.3, 0.4) is 0 Å². The second-order valence-electron chi connectivity index (χ2n) is 6.66. The summed E-state index contributed by atoms with van der Waals surface area (Å²) in [5, 5.41) is 8.06. The van der Waals surface area contributed by atoms with E-state index in [1.54, 1.807) is 23.9 Å². The van der Waals surface area contributed by atoms with Crippen molar-refractivity contribution in [3.05, 3.63) is 77.2 Å². The van der Waals surface area contributed by atoms with Crippen LogP contribution in [0.1, 0.15) is 21.7 Å². The summed E-state index contributed by atoms with van der Waals surface area (Å²) in [6.45, 7) is 10.9. The molecule has 1 amide bonds. The number of amides is 1. The average Bonchev–Trinajstić information content (AvgIpc) is 3.09. The average molecular weight is 398 g/mol. The SMILES string of the molecule is [C-]#[N+]c1ccncc1NC(=O)c1cc(C)nc2c1c(C)nn2-c1ccc(OC)cc1. The Morgan fingerprint density at radius 2 is 1.97 bits per heavy atom. The van der Waals surface area contributed by atoms with Crippen molar-refractivity contribution in [3.63, 3.8) is 0 Å². The number of benzene rings is 1. The second-order valence-corrected chi connectivity index (χ2v) is 6.66. The van der Waals surface area contributed by atoms with Crippen LogP contribution in [-0.2, 0) is 0 Å². The van der Waals surface area contributed by atoms with Crippen molar-refractivity contribution in [2.24, 2.45) is 0 Å². The fourth-order valence-corrected chi connectivity index (χ4v) is 3.27. The number of aryl methyl sites for hydroxylation is 2. The first kappa shape index (κ1) is 19.1. The molecule has 3 heterocycles. The molecule has 8 heteroatoms. The van der Waals surface area contributed by atoms with E-state index in [9.17, 15) is 4.79 Å². The Hall–Kier alpha value is -4.25. The highest BCUT2D eigenvalue weighted by atomic mass is 16.5. The molecule has 0 spiro atoms. The van der Waals surface area contributed by atoms with Crippen LogP contribution < -0.4 is 10.1 Å². The van der Waals surface area contributed by atoms with E-state index < -0.39 is 0 Å². The molecule has 30 heavy (non-hydrogen) atoms. The van der Waals surface area contributed by atoms with E-state index in [0.717, 1.165) is 11.4 Å². The van der Waals surface area contributed by atoms with Crippen LogP contribution in [0.15, 0.2) is 48.8 Å². The second kappa shape index (κ2) is 7.64. The van der Waals surface area contributed by atoms with Crippen LogP contribution in [-0.4, -0.2) is 32.8 Å². The highest BCUT2D eigenvalue weighted by Crippen LogP contribution is 2.28. The van der Waals surface area contributed by atoms with Gasteiger partial charge in [0.05, 0.1) is 41.7 Å². The smallest absolute Gasteiger partial charge is 0.255 e. The standard InChI is InChI=1S/C22H18N6O2/c1-13-11-17(22(29)26-19-12-24-10-9-18(19)23-3)20-14(2)27-28(21(20)25-13)15-5-7-16(30-4)8-6-15/h5-12H,1-2,4H3,(H,26,29). The number of methoxy groups -OCH3 is 1. The first-order chi connectivity index (χ1) is 14.5. The molecule has 8 nitrogen and oxygen atoms in total. The third kappa shape index (κ3) is 3.33. The Morgan fingerprint density at radius 3 is 2.67 bits per heavy atom. The normalized spacial score (nSPS) is 10.6. The van der Waals surface area contributed by atoms with Gasteiger partial charge in [-0.15, -0.1) is 0 Å². The van der Waals surface area contributed by atoms with Gasteiger partial charge in [-0.3, -0.25) is 9.78 Å². The minimum Gasteiger partial charge on any atom is -0.497 e. The molecule has 4 aromatic rings. The fraction of sp³-hybridized carbons (Fsp3) is 0.136. The summed E-state index contributed by atoms with van der Waals surface area (Å²) in [5.41, 5.74) is 3.87. The maximum Gasteiger partial charge on any atom is 0.255 e.